The van der Waals surface area contributed by atoms with Crippen LogP contribution in [0.4, 0.5) is 0 Å². The summed E-state index contributed by atoms with van der Waals surface area (Å²) in [6.45, 7) is 1.70. The lowest BCUT2D eigenvalue weighted by Crippen LogP contribution is -2.26. The van der Waals surface area contributed by atoms with Gasteiger partial charge in [0.15, 0.2) is 0 Å². The topological polar surface area (TPSA) is 49.5 Å². The second-order valence-corrected chi connectivity index (χ2v) is 2.77. The molecule has 0 rings (SSSR count). The van der Waals surface area contributed by atoms with E-state index in [1.807, 2.05) is 11.9 Å². The average Bonchev–Trinajstić information content (AvgIpc) is 1.85. The number of likely N-dealkylation sites (N-methyl/N-ethyl adjacent to an activating group) is 1. The molecule has 0 saturated carbocycles. The van der Waals surface area contributed by atoms with Crippen molar-refractivity contribution in [3.05, 3.63) is 0 Å². The Balaban J connectivity index is 3.21. The molecular weight excluding hydrogens is 148 g/mol. The van der Waals surface area contributed by atoms with Gasteiger partial charge in [0.05, 0.1) is 11.6 Å². The van der Waals surface area contributed by atoms with Crippen LogP contribution in [-0.2, 0) is 0 Å². The summed E-state index contributed by atoms with van der Waals surface area (Å²) in [5.41, 5.74) is 5.28. The molecule has 10 heavy (non-hydrogen) atoms. The Morgan fingerprint density at radius 3 is 2.60 bits per heavy atom. The van der Waals surface area contributed by atoms with Crippen molar-refractivity contribution in [2.75, 3.05) is 26.7 Å². The summed E-state index contributed by atoms with van der Waals surface area (Å²) in [5, 5.41) is 8.50. The van der Waals surface area contributed by atoms with Gasteiger partial charge in [-0.05, 0) is 7.05 Å². The molecule has 0 radical (unpaired) electrons. The Kier molecular flexibility index (Phi) is 5.48. The van der Waals surface area contributed by atoms with Crippen LogP contribution >= 0.6 is 12.2 Å². The molecule has 0 bridgehead atoms. The SMILES string of the molecule is CN(CCO)CCC(N)=S. The lowest BCUT2D eigenvalue weighted by molar-refractivity contribution is 0.224. The van der Waals surface area contributed by atoms with Crippen LogP contribution in [0.25, 0.3) is 0 Å². The van der Waals surface area contributed by atoms with Gasteiger partial charge in [0.1, 0.15) is 0 Å². The number of hydrogen-bond acceptors (Lipinski definition) is 3. The first-order valence-electron chi connectivity index (χ1n) is 3.24. The third-order valence-corrected chi connectivity index (χ3v) is 1.43. The van der Waals surface area contributed by atoms with Crippen molar-refractivity contribution in [3.63, 3.8) is 0 Å². The number of nitrogens with zero attached hydrogens (tertiary/aromatic N) is 1. The minimum absolute atomic E-state index is 0.188. The van der Waals surface area contributed by atoms with Crippen molar-refractivity contribution in [1.29, 1.82) is 0 Å². The molecule has 0 spiro atoms. The van der Waals surface area contributed by atoms with E-state index >= 15 is 0 Å². The fourth-order valence-electron chi connectivity index (χ4n) is 0.584. The molecule has 0 aromatic rings. The summed E-state index contributed by atoms with van der Waals surface area (Å²) in [7, 11) is 1.93. The smallest absolute Gasteiger partial charge is 0.0740 e. The van der Waals surface area contributed by atoms with E-state index in [0.717, 1.165) is 13.0 Å². The number of thiocarbonyl (C=S) groups is 1. The van der Waals surface area contributed by atoms with Crippen LogP contribution in [0.1, 0.15) is 6.42 Å². The second kappa shape index (κ2) is 5.58. The van der Waals surface area contributed by atoms with Crippen LogP contribution in [0.15, 0.2) is 0 Å². The predicted molar refractivity (Wildman–Crippen MR) is 46.0 cm³/mol. The zero-order valence-electron chi connectivity index (χ0n) is 6.21. The number of rotatable bonds is 5. The van der Waals surface area contributed by atoms with E-state index in [1.54, 1.807) is 0 Å². The molecule has 0 saturated heterocycles. The molecule has 0 aliphatic heterocycles. The van der Waals surface area contributed by atoms with Crippen LogP contribution in [0.5, 0.6) is 0 Å². The van der Waals surface area contributed by atoms with Gasteiger partial charge in [0, 0.05) is 19.5 Å². The first-order valence-corrected chi connectivity index (χ1v) is 3.65. The van der Waals surface area contributed by atoms with Crippen LogP contribution in [0.2, 0.25) is 0 Å². The van der Waals surface area contributed by atoms with Crippen molar-refractivity contribution < 1.29 is 5.11 Å². The fourth-order valence-corrected chi connectivity index (χ4v) is 0.675. The highest BCUT2D eigenvalue weighted by molar-refractivity contribution is 7.80. The van der Waals surface area contributed by atoms with E-state index in [1.165, 1.54) is 0 Å². The molecule has 3 N–H and O–H groups in total. The van der Waals surface area contributed by atoms with E-state index in [4.69, 9.17) is 10.8 Å². The highest BCUT2D eigenvalue weighted by Crippen LogP contribution is 1.85. The second-order valence-electron chi connectivity index (χ2n) is 2.24. The van der Waals surface area contributed by atoms with E-state index in [2.05, 4.69) is 12.2 Å². The molecule has 0 aromatic heterocycles. The first kappa shape index (κ1) is 9.81. The van der Waals surface area contributed by atoms with Gasteiger partial charge in [0.2, 0.25) is 0 Å². The molecule has 0 heterocycles. The Labute approximate surface area is 66.8 Å². The standard InChI is InChI=1S/C6H14N2OS/c1-8(4-5-9)3-2-6(7)10/h9H,2-5H2,1H3,(H2,7,10). The molecule has 0 aliphatic carbocycles. The normalized spacial score (nSPS) is 10.3. The van der Waals surface area contributed by atoms with Crippen LogP contribution < -0.4 is 5.73 Å². The highest BCUT2D eigenvalue weighted by atomic mass is 32.1. The maximum Gasteiger partial charge on any atom is 0.0740 e. The van der Waals surface area contributed by atoms with Gasteiger partial charge in [-0.2, -0.15) is 0 Å². The minimum Gasteiger partial charge on any atom is -0.395 e. The number of aliphatic hydroxyl groups excluding tert-OH is 1. The zero-order chi connectivity index (χ0) is 7.98. The fraction of sp³-hybridized carbons (Fsp3) is 0.833. The summed E-state index contributed by atoms with van der Waals surface area (Å²) in [6.07, 6.45) is 0.728. The van der Waals surface area contributed by atoms with Gasteiger partial charge in [-0.15, -0.1) is 0 Å². The molecule has 0 aliphatic rings. The molecule has 0 aromatic carbocycles. The summed E-state index contributed by atoms with van der Waals surface area (Å²) in [6, 6.07) is 0. The summed E-state index contributed by atoms with van der Waals surface area (Å²) in [5.74, 6) is 0. The van der Waals surface area contributed by atoms with E-state index in [9.17, 15) is 0 Å². The van der Waals surface area contributed by atoms with Gasteiger partial charge in [-0.25, -0.2) is 0 Å². The first-order chi connectivity index (χ1) is 4.66. The molecule has 0 unspecified atom stereocenters. The van der Waals surface area contributed by atoms with Gasteiger partial charge >= 0.3 is 0 Å². The maximum atomic E-state index is 8.50. The predicted octanol–water partition coefficient (Wildman–Crippen LogP) is -0.413. The average molecular weight is 162 g/mol. The monoisotopic (exact) mass is 162 g/mol. The van der Waals surface area contributed by atoms with E-state index < -0.39 is 0 Å². The van der Waals surface area contributed by atoms with E-state index in [-0.39, 0.29) is 6.61 Å². The van der Waals surface area contributed by atoms with Crippen molar-refractivity contribution in [2.45, 2.75) is 6.42 Å². The van der Waals surface area contributed by atoms with E-state index in [0.29, 0.717) is 11.5 Å². The molecule has 0 fully saturated rings. The Bertz CT molecular complexity index is 108. The summed E-state index contributed by atoms with van der Waals surface area (Å²) >= 11 is 4.69. The summed E-state index contributed by atoms with van der Waals surface area (Å²) in [4.78, 5) is 2.52. The molecule has 4 heteroatoms. The molecular formula is C6H14N2OS. The van der Waals surface area contributed by atoms with Crippen molar-refractivity contribution in [3.8, 4) is 0 Å². The Morgan fingerprint density at radius 2 is 2.20 bits per heavy atom. The van der Waals surface area contributed by atoms with Gasteiger partial charge in [0.25, 0.3) is 0 Å². The van der Waals surface area contributed by atoms with Gasteiger partial charge in [-0.3, -0.25) is 0 Å². The number of nitrogens with two attached hydrogens (primary N) is 1. The molecule has 3 nitrogen and oxygen atoms in total. The molecule has 60 valence electrons. The Hall–Kier alpha value is -0.190. The Morgan fingerprint density at radius 1 is 1.60 bits per heavy atom. The van der Waals surface area contributed by atoms with Crippen LogP contribution in [0.3, 0.4) is 0 Å². The van der Waals surface area contributed by atoms with Crippen molar-refractivity contribution in [1.82, 2.24) is 4.90 Å². The third kappa shape index (κ3) is 5.94. The third-order valence-electron chi connectivity index (χ3n) is 1.22. The molecule has 0 atom stereocenters. The largest absolute Gasteiger partial charge is 0.395 e. The number of hydrogen-bond donors (Lipinski definition) is 2. The maximum absolute atomic E-state index is 8.50. The lowest BCUT2D eigenvalue weighted by Gasteiger charge is -2.13. The van der Waals surface area contributed by atoms with Gasteiger partial charge in [-0.1, -0.05) is 12.2 Å². The van der Waals surface area contributed by atoms with Gasteiger partial charge < -0.3 is 15.7 Å². The highest BCUT2D eigenvalue weighted by Gasteiger charge is 1.96. The van der Waals surface area contributed by atoms with Crippen molar-refractivity contribution in [2.24, 2.45) is 5.73 Å². The van der Waals surface area contributed by atoms with Crippen LogP contribution in [0, 0.1) is 0 Å². The van der Waals surface area contributed by atoms with Crippen LogP contribution in [-0.4, -0.2) is 41.7 Å². The summed E-state index contributed by atoms with van der Waals surface area (Å²) < 4.78 is 0. The minimum atomic E-state index is 0.188. The van der Waals surface area contributed by atoms with Crippen molar-refractivity contribution >= 4 is 17.2 Å². The zero-order valence-corrected chi connectivity index (χ0v) is 7.02. The number of aliphatic hydroxyl groups is 1. The quantitative estimate of drug-likeness (QED) is 0.539. The lowest BCUT2D eigenvalue weighted by atomic mass is 10.4. The molecule has 0 amide bonds.